The fraction of sp³-hybridized carbons (Fsp3) is 0.367. The highest BCUT2D eigenvalue weighted by Gasteiger charge is 2.44. The van der Waals surface area contributed by atoms with Crippen molar-refractivity contribution in [3.05, 3.63) is 87.7 Å². The van der Waals surface area contributed by atoms with Crippen LogP contribution >= 0.6 is 0 Å². The Morgan fingerprint density at radius 1 is 0.932 bits per heavy atom. The Labute approximate surface area is 266 Å². The van der Waals surface area contributed by atoms with Crippen LogP contribution in [0.25, 0.3) is 11.1 Å². The summed E-state index contributed by atoms with van der Waals surface area (Å²) in [5, 5.41) is 0. The number of amides is 1. The van der Waals surface area contributed by atoms with Crippen LogP contribution in [0.1, 0.15) is 86.5 Å². The van der Waals surface area contributed by atoms with Gasteiger partial charge in [-0.05, 0) is 71.9 Å². The summed E-state index contributed by atoms with van der Waals surface area (Å²) in [6.07, 6.45) is -23.1. The molecule has 0 N–H and O–H groups in total. The van der Waals surface area contributed by atoms with Gasteiger partial charge in [-0.15, -0.1) is 0 Å². The molecule has 2 atom stereocenters. The standard InChI is InChI=1S/C30H25F10NO3/c1-14(2)24-22(31)7-8-23(43-4)25(24)21-6-5-18(28(32,33)34)11-17(21)13-41-15(3)26(44-27(41)42)16-9-19(29(35,36)37)12-20(10-16)30(38,39)40/h5-12,14-15,26H,13H2,1-4H3/t15-,26-/m0/s1/i1D3,2D3,3D3,4D3,14D,15D,26D. The number of nitrogens with zero attached hydrogens (tertiary/aromatic N) is 1. The van der Waals surface area contributed by atoms with Gasteiger partial charge in [-0.2, -0.15) is 39.5 Å². The predicted octanol–water partition coefficient (Wildman–Crippen LogP) is 9.76. The zero-order valence-corrected chi connectivity index (χ0v) is 21.3. The largest absolute Gasteiger partial charge is 0.496 e. The number of alkyl halides is 9. The molecule has 4 rings (SSSR count). The quantitative estimate of drug-likeness (QED) is 0.249. The third kappa shape index (κ3) is 6.43. The molecule has 4 nitrogen and oxygen atoms in total. The van der Waals surface area contributed by atoms with Crippen LogP contribution in [0.4, 0.5) is 48.7 Å². The number of carbonyl (C=O) groups excluding carboxylic acids is 1. The molecule has 3 aromatic rings. The Morgan fingerprint density at radius 2 is 1.57 bits per heavy atom. The number of rotatable bonds is 6. The number of benzene rings is 3. The average Bonchev–Trinajstić information content (AvgIpc) is 3.23. The van der Waals surface area contributed by atoms with E-state index in [0.29, 0.717) is 12.1 Å². The number of carbonyl (C=O) groups is 1. The minimum atomic E-state index is -5.65. The van der Waals surface area contributed by atoms with Crippen molar-refractivity contribution < 1.29 is 78.7 Å². The normalized spacial score (nSPS) is 27.5. The summed E-state index contributed by atoms with van der Waals surface area (Å²) in [5.41, 5.74) is -13.4. The summed E-state index contributed by atoms with van der Waals surface area (Å²) < 4.78 is 272. The van der Waals surface area contributed by atoms with Crippen molar-refractivity contribution in [1.82, 2.24) is 4.90 Å². The minimum Gasteiger partial charge on any atom is -0.496 e. The van der Waals surface area contributed by atoms with Crippen molar-refractivity contribution in [1.29, 1.82) is 0 Å². The first-order valence-corrected chi connectivity index (χ1v) is 11.7. The lowest BCUT2D eigenvalue weighted by Crippen LogP contribution is -2.32. The van der Waals surface area contributed by atoms with Gasteiger partial charge in [-0.3, -0.25) is 4.90 Å². The first-order valence-electron chi connectivity index (χ1n) is 19.2. The first kappa shape index (κ1) is 18.1. The lowest BCUT2D eigenvalue weighted by atomic mass is 9.88. The van der Waals surface area contributed by atoms with Gasteiger partial charge in [-0.25, -0.2) is 9.18 Å². The fourth-order valence-corrected chi connectivity index (χ4v) is 4.30. The van der Waals surface area contributed by atoms with E-state index >= 15 is 4.39 Å². The molecule has 1 saturated heterocycles. The van der Waals surface area contributed by atoms with Crippen LogP contribution in [0.2, 0.25) is 0 Å². The summed E-state index contributed by atoms with van der Waals surface area (Å²) in [6.45, 7) is -14.3. The summed E-state index contributed by atoms with van der Waals surface area (Å²) in [6, 6.07) is -4.10. The zero-order valence-electron chi connectivity index (χ0n) is 36.3. The van der Waals surface area contributed by atoms with Crippen LogP contribution in [0.5, 0.6) is 5.75 Å². The lowest BCUT2D eigenvalue weighted by Gasteiger charge is -2.25. The van der Waals surface area contributed by atoms with Crippen LogP contribution < -0.4 is 4.74 Å². The number of hydrogen-bond acceptors (Lipinski definition) is 3. The average molecular weight is 653 g/mol. The molecule has 14 heteroatoms. The molecule has 1 aliphatic heterocycles. The Kier molecular flexibility index (Phi) is 4.74. The van der Waals surface area contributed by atoms with E-state index in [9.17, 15) is 44.3 Å². The maximum Gasteiger partial charge on any atom is 0.416 e. The molecule has 0 aliphatic carbocycles. The monoisotopic (exact) mass is 652 g/mol. The molecule has 1 heterocycles. The molecule has 44 heavy (non-hydrogen) atoms. The van der Waals surface area contributed by atoms with E-state index in [-0.39, 0.29) is 30.3 Å². The molecule has 0 bridgehead atoms. The van der Waals surface area contributed by atoms with Crippen molar-refractivity contribution in [3.63, 3.8) is 0 Å². The molecule has 0 saturated carbocycles. The topological polar surface area (TPSA) is 38.8 Å². The summed E-state index contributed by atoms with van der Waals surface area (Å²) in [4.78, 5) is 13.1. The Morgan fingerprint density at radius 3 is 2.11 bits per heavy atom. The number of methoxy groups -OCH3 is 1. The highest BCUT2D eigenvalue weighted by Crippen LogP contribution is 2.45. The van der Waals surface area contributed by atoms with Crippen LogP contribution in [0.3, 0.4) is 0 Å². The molecule has 0 radical (unpaired) electrons. The number of halogens is 10. The maximum atomic E-state index is 16.0. The Bertz CT molecular complexity index is 2080. The fourth-order valence-electron chi connectivity index (χ4n) is 4.30. The van der Waals surface area contributed by atoms with Gasteiger partial charge >= 0.3 is 24.6 Å². The second kappa shape index (κ2) is 11.5. The summed E-state index contributed by atoms with van der Waals surface area (Å²) >= 11 is 0. The molecular weight excluding hydrogens is 612 g/mol. The van der Waals surface area contributed by atoms with Gasteiger partial charge in [0.15, 0.2) is 0 Å². The van der Waals surface area contributed by atoms with Gasteiger partial charge in [0.25, 0.3) is 0 Å². The van der Waals surface area contributed by atoms with Gasteiger partial charge in [0.1, 0.15) is 17.6 Å². The van der Waals surface area contributed by atoms with Crippen LogP contribution in [0.15, 0.2) is 48.5 Å². The molecule has 3 aromatic carbocycles. The predicted molar refractivity (Wildman–Crippen MR) is 138 cm³/mol. The van der Waals surface area contributed by atoms with Gasteiger partial charge in [0, 0.05) is 24.8 Å². The lowest BCUT2D eigenvalue weighted by molar-refractivity contribution is -0.143. The smallest absolute Gasteiger partial charge is 0.416 e. The summed E-state index contributed by atoms with van der Waals surface area (Å²) in [7, 11) is -3.62. The van der Waals surface area contributed by atoms with Gasteiger partial charge in [0.2, 0.25) is 0 Å². The van der Waals surface area contributed by atoms with Crippen LogP contribution in [-0.4, -0.2) is 24.0 Å². The van der Waals surface area contributed by atoms with E-state index in [4.69, 9.17) is 30.0 Å². The van der Waals surface area contributed by atoms with Crippen molar-refractivity contribution in [3.8, 4) is 16.9 Å². The molecule has 1 amide bonds. The molecule has 238 valence electrons. The molecule has 1 fully saturated rings. The molecule has 0 spiro atoms. The SMILES string of the molecule is [2H]C([2H])([2H])Oc1ccc(F)c(C([2H])(C([2H])([2H])[2H])C([2H])([2H])[2H])c1-c1ccc(C(F)(F)F)cc1CN1C(=O)O[C@]([2H])(c2cc(C(F)(F)F)cc(C(F)(F)F)c2)[C@]1([2H])C([2H])([2H])[2H]. The molecular formula is C30H25F10NO3. The van der Waals surface area contributed by atoms with E-state index in [2.05, 4.69) is 0 Å². The highest BCUT2D eigenvalue weighted by atomic mass is 19.4. The van der Waals surface area contributed by atoms with E-state index in [0.717, 1.165) is 0 Å². The highest BCUT2D eigenvalue weighted by molar-refractivity contribution is 5.79. The zero-order chi connectivity index (χ0) is 45.7. The molecule has 0 unspecified atom stereocenters. The Hall–Kier alpha value is -3.97. The van der Waals surface area contributed by atoms with Crippen molar-refractivity contribution in [2.24, 2.45) is 0 Å². The molecule has 1 aliphatic rings. The van der Waals surface area contributed by atoms with Gasteiger partial charge in [-0.1, -0.05) is 19.8 Å². The number of cyclic esters (lactones) is 1. The molecule has 0 aromatic heterocycles. The van der Waals surface area contributed by atoms with E-state index in [1.165, 1.54) is 0 Å². The second-order valence-corrected chi connectivity index (χ2v) is 9.07. The van der Waals surface area contributed by atoms with Gasteiger partial charge in [0.05, 0.1) is 43.1 Å². The van der Waals surface area contributed by atoms with Crippen LogP contribution in [-0.2, 0) is 29.8 Å². The maximum absolute atomic E-state index is 16.0. The third-order valence-electron chi connectivity index (χ3n) is 6.25. The third-order valence-corrected chi connectivity index (χ3v) is 6.25. The van der Waals surface area contributed by atoms with Gasteiger partial charge < -0.3 is 9.47 Å². The first-order chi connectivity index (χ1) is 26.1. The Balaban J connectivity index is 2.18. The second-order valence-electron chi connectivity index (χ2n) is 9.07. The number of hydrogen-bond donors (Lipinski definition) is 0. The number of ether oxygens (including phenoxy) is 2. The minimum absolute atomic E-state index is 0.00261. The van der Waals surface area contributed by atoms with E-state index in [1.807, 2.05) is 0 Å². The summed E-state index contributed by atoms with van der Waals surface area (Å²) in [5.74, 6) is -7.32. The van der Waals surface area contributed by atoms with E-state index < -0.39 is 144 Å². The van der Waals surface area contributed by atoms with Crippen molar-refractivity contribution in [2.45, 2.75) is 63.6 Å². The van der Waals surface area contributed by atoms with Crippen molar-refractivity contribution >= 4 is 6.09 Å². The van der Waals surface area contributed by atoms with Crippen molar-refractivity contribution in [2.75, 3.05) is 7.04 Å². The van der Waals surface area contributed by atoms with Crippen LogP contribution in [0, 0.1) is 5.82 Å². The van der Waals surface area contributed by atoms with E-state index in [1.54, 1.807) is 0 Å².